The Bertz CT molecular complexity index is 722. The van der Waals surface area contributed by atoms with Crippen molar-refractivity contribution in [2.45, 2.75) is 39.2 Å². The van der Waals surface area contributed by atoms with Crippen molar-refractivity contribution in [3.05, 3.63) is 48.5 Å². The molecule has 0 spiro atoms. The van der Waals surface area contributed by atoms with Gasteiger partial charge in [-0.3, -0.25) is 4.79 Å². The Kier molecular flexibility index (Phi) is 6.58. The lowest BCUT2D eigenvalue weighted by atomic mass is 10.1. The third-order valence-corrected chi connectivity index (χ3v) is 4.65. The van der Waals surface area contributed by atoms with E-state index in [9.17, 15) is 4.79 Å². The van der Waals surface area contributed by atoms with Gasteiger partial charge in [0.2, 0.25) is 5.91 Å². The Labute approximate surface area is 161 Å². The average molecular weight is 368 g/mol. The molecule has 1 saturated heterocycles. The largest absolute Gasteiger partial charge is 0.494 e. The summed E-state index contributed by atoms with van der Waals surface area (Å²) in [6.45, 7) is 6.27. The van der Waals surface area contributed by atoms with Gasteiger partial charge in [-0.05, 0) is 81.6 Å². The average Bonchev–Trinajstić information content (AvgIpc) is 2.71. The van der Waals surface area contributed by atoms with Gasteiger partial charge in [0.1, 0.15) is 23.3 Å². The number of likely N-dealkylation sites (tertiary alicyclic amines) is 1. The van der Waals surface area contributed by atoms with Crippen molar-refractivity contribution < 1.29 is 14.3 Å². The molecule has 0 radical (unpaired) electrons. The summed E-state index contributed by atoms with van der Waals surface area (Å²) in [4.78, 5) is 14.5. The van der Waals surface area contributed by atoms with Crippen molar-refractivity contribution in [3.63, 3.8) is 0 Å². The van der Waals surface area contributed by atoms with Gasteiger partial charge in [0.15, 0.2) is 0 Å². The van der Waals surface area contributed by atoms with Crippen LogP contribution < -0.4 is 14.8 Å². The lowest BCUT2D eigenvalue weighted by molar-refractivity contribution is -0.132. The third kappa shape index (κ3) is 5.39. The standard InChI is InChI=1S/C22H28N2O3/c1-3-26-19-11-13-21(14-12-19)27-20-9-7-18(8-10-20)23-17(2)22(25)24-15-5-4-6-16-24/h7-14,17,23H,3-6,15-16H2,1-2H3/t17-/m0/s1. The molecule has 5 heteroatoms. The highest BCUT2D eigenvalue weighted by Crippen LogP contribution is 2.25. The van der Waals surface area contributed by atoms with Gasteiger partial charge in [0.05, 0.1) is 6.61 Å². The number of nitrogens with one attached hydrogen (secondary N) is 1. The molecule has 3 rings (SSSR count). The number of carbonyl (C=O) groups excluding carboxylic acids is 1. The van der Waals surface area contributed by atoms with Gasteiger partial charge in [0, 0.05) is 18.8 Å². The SMILES string of the molecule is CCOc1ccc(Oc2ccc(N[C@@H](C)C(=O)N3CCCCC3)cc2)cc1. The second-order valence-electron chi connectivity index (χ2n) is 6.78. The second-order valence-corrected chi connectivity index (χ2v) is 6.78. The Hall–Kier alpha value is -2.69. The second kappa shape index (κ2) is 9.31. The minimum absolute atomic E-state index is 0.171. The van der Waals surface area contributed by atoms with Crippen LogP contribution in [0.5, 0.6) is 17.2 Å². The van der Waals surface area contributed by atoms with E-state index in [1.807, 2.05) is 67.3 Å². The zero-order valence-electron chi connectivity index (χ0n) is 16.1. The molecule has 1 fully saturated rings. The highest BCUT2D eigenvalue weighted by atomic mass is 16.5. The molecule has 1 heterocycles. The fourth-order valence-corrected chi connectivity index (χ4v) is 3.23. The molecule has 27 heavy (non-hydrogen) atoms. The highest BCUT2D eigenvalue weighted by Gasteiger charge is 2.21. The summed E-state index contributed by atoms with van der Waals surface area (Å²) in [5.74, 6) is 2.51. The molecule has 1 amide bonds. The maximum atomic E-state index is 12.5. The van der Waals surface area contributed by atoms with Crippen molar-refractivity contribution in [1.29, 1.82) is 0 Å². The highest BCUT2D eigenvalue weighted by molar-refractivity contribution is 5.84. The van der Waals surface area contributed by atoms with Crippen LogP contribution in [0, 0.1) is 0 Å². The Balaban J connectivity index is 1.54. The summed E-state index contributed by atoms with van der Waals surface area (Å²) < 4.78 is 11.3. The number of hydrogen-bond donors (Lipinski definition) is 1. The van der Waals surface area contributed by atoms with Crippen molar-refractivity contribution in [3.8, 4) is 17.2 Å². The van der Waals surface area contributed by atoms with Crippen LogP contribution >= 0.6 is 0 Å². The first-order chi connectivity index (χ1) is 13.2. The maximum Gasteiger partial charge on any atom is 0.244 e. The number of benzene rings is 2. The lowest BCUT2D eigenvalue weighted by Gasteiger charge is -2.29. The first-order valence-electron chi connectivity index (χ1n) is 9.72. The summed E-state index contributed by atoms with van der Waals surface area (Å²) in [5.41, 5.74) is 0.909. The van der Waals surface area contributed by atoms with Gasteiger partial charge in [-0.15, -0.1) is 0 Å². The van der Waals surface area contributed by atoms with Gasteiger partial charge in [0.25, 0.3) is 0 Å². The molecule has 1 aliphatic heterocycles. The van der Waals surface area contributed by atoms with E-state index in [0.717, 1.165) is 48.9 Å². The number of nitrogens with zero attached hydrogens (tertiary/aromatic N) is 1. The molecule has 144 valence electrons. The molecule has 2 aromatic carbocycles. The number of ether oxygens (including phenoxy) is 2. The van der Waals surface area contributed by atoms with Crippen LogP contribution in [0.1, 0.15) is 33.1 Å². The maximum absolute atomic E-state index is 12.5. The van der Waals surface area contributed by atoms with E-state index >= 15 is 0 Å². The molecule has 1 atom stereocenters. The molecule has 0 aliphatic carbocycles. The van der Waals surface area contributed by atoms with Crippen molar-refractivity contribution >= 4 is 11.6 Å². The molecule has 1 aliphatic rings. The van der Waals surface area contributed by atoms with Crippen LogP contribution in [-0.2, 0) is 4.79 Å². The van der Waals surface area contributed by atoms with E-state index in [1.54, 1.807) is 0 Å². The van der Waals surface area contributed by atoms with Gasteiger partial charge in [-0.2, -0.15) is 0 Å². The summed E-state index contributed by atoms with van der Waals surface area (Å²) in [5, 5.41) is 3.29. The van der Waals surface area contributed by atoms with E-state index in [4.69, 9.17) is 9.47 Å². The number of rotatable bonds is 7. The van der Waals surface area contributed by atoms with E-state index < -0.39 is 0 Å². The summed E-state index contributed by atoms with van der Waals surface area (Å²) in [7, 11) is 0. The molecule has 0 unspecified atom stereocenters. The topological polar surface area (TPSA) is 50.8 Å². The molecule has 2 aromatic rings. The van der Waals surface area contributed by atoms with Crippen LogP contribution in [0.2, 0.25) is 0 Å². The van der Waals surface area contributed by atoms with E-state index in [1.165, 1.54) is 6.42 Å². The normalized spacial score (nSPS) is 15.1. The van der Waals surface area contributed by atoms with E-state index in [2.05, 4.69) is 5.32 Å². The Morgan fingerprint density at radius 1 is 0.963 bits per heavy atom. The summed E-state index contributed by atoms with van der Waals surface area (Å²) >= 11 is 0. The van der Waals surface area contributed by atoms with Crippen LogP contribution in [0.3, 0.4) is 0 Å². The Morgan fingerprint density at radius 2 is 1.52 bits per heavy atom. The van der Waals surface area contributed by atoms with Crippen LogP contribution in [0.4, 0.5) is 5.69 Å². The summed E-state index contributed by atoms with van der Waals surface area (Å²) in [6.07, 6.45) is 3.44. The first kappa shape index (κ1) is 19.1. The zero-order chi connectivity index (χ0) is 19.1. The number of piperidine rings is 1. The third-order valence-electron chi connectivity index (χ3n) is 4.65. The van der Waals surface area contributed by atoms with Gasteiger partial charge in [-0.25, -0.2) is 0 Å². The molecule has 1 N–H and O–H groups in total. The van der Waals surface area contributed by atoms with Gasteiger partial charge in [-0.1, -0.05) is 0 Å². The van der Waals surface area contributed by atoms with Crippen molar-refractivity contribution in [1.82, 2.24) is 4.90 Å². The first-order valence-corrected chi connectivity index (χ1v) is 9.72. The number of amides is 1. The zero-order valence-corrected chi connectivity index (χ0v) is 16.1. The van der Waals surface area contributed by atoms with Crippen LogP contribution in [-0.4, -0.2) is 36.5 Å². The quantitative estimate of drug-likeness (QED) is 0.770. The fraction of sp³-hybridized carbons (Fsp3) is 0.409. The fourth-order valence-electron chi connectivity index (χ4n) is 3.23. The molecular weight excluding hydrogens is 340 g/mol. The van der Waals surface area contributed by atoms with Gasteiger partial charge < -0.3 is 19.7 Å². The molecule has 5 nitrogen and oxygen atoms in total. The van der Waals surface area contributed by atoms with E-state index in [-0.39, 0.29) is 11.9 Å². The minimum atomic E-state index is -0.235. The van der Waals surface area contributed by atoms with Gasteiger partial charge >= 0.3 is 0 Å². The number of anilines is 1. The number of hydrogen-bond acceptors (Lipinski definition) is 4. The molecule has 0 saturated carbocycles. The lowest BCUT2D eigenvalue weighted by Crippen LogP contribution is -2.43. The Morgan fingerprint density at radius 3 is 2.11 bits per heavy atom. The smallest absolute Gasteiger partial charge is 0.244 e. The van der Waals surface area contributed by atoms with Crippen LogP contribution in [0.25, 0.3) is 0 Å². The summed E-state index contributed by atoms with van der Waals surface area (Å²) in [6, 6.07) is 15.0. The van der Waals surface area contributed by atoms with E-state index in [0.29, 0.717) is 6.61 Å². The molecular formula is C22H28N2O3. The predicted octanol–water partition coefficient (Wildman–Crippen LogP) is 4.69. The predicted molar refractivity (Wildman–Crippen MR) is 108 cm³/mol. The van der Waals surface area contributed by atoms with Crippen LogP contribution in [0.15, 0.2) is 48.5 Å². The van der Waals surface area contributed by atoms with Crippen molar-refractivity contribution in [2.24, 2.45) is 0 Å². The molecule has 0 bridgehead atoms. The minimum Gasteiger partial charge on any atom is -0.494 e. The number of carbonyl (C=O) groups is 1. The molecule has 0 aromatic heterocycles. The van der Waals surface area contributed by atoms with Crippen molar-refractivity contribution in [2.75, 3.05) is 25.0 Å². The monoisotopic (exact) mass is 368 g/mol.